The molecule has 0 radical (unpaired) electrons. The molecule has 3 rings (SSSR count). The van der Waals surface area contributed by atoms with Crippen LogP contribution in [0.3, 0.4) is 0 Å². The van der Waals surface area contributed by atoms with Crippen LogP contribution in [0.25, 0.3) is 11.3 Å². The quantitative estimate of drug-likeness (QED) is 0.920. The zero-order valence-electron chi connectivity index (χ0n) is 9.75. The van der Waals surface area contributed by atoms with Gasteiger partial charge in [-0.15, -0.1) is 0 Å². The second kappa shape index (κ2) is 4.86. The molecule has 0 spiro atoms. The van der Waals surface area contributed by atoms with E-state index in [1.807, 2.05) is 12.1 Å². The molecule has 2 nitrogen and oxygen atoms in total. The fourth-order valence-electron chi connectivity index (χ4n) is 1.89. The fraction of sp³-hybridized carbons (Fsp3) is 0.286. The lowest BCUT2D eigenvalue weighted by atomic mass is 10.1. The highest BCUT2D eigenvalue weighted by atomic mass is 79.9. The molecule has 1 fully saturated rings. The van der Waals surface area contributed by atoms with E-state index in [-0.39, 0.29) is 5.82 Å². The van der Waals surface area contributed by atoms with Crippen LogP contribution in [0.2, 0.25) is 0 Å². The Morgan fingerprint density at radius 3 is 2.83 bits per heavy atom. The second-order valence-corrected chi connectivity index (χ2v) is 5.41. The number of nitrogens with one attached hydrogen (secondary N) is 1. The SMILES string of the molecule is Fc1ccc(-c2occc2Br)cc1CNC1CC1. The molecule has 0 bridgehead atoms. The van der Waals surface area contributed by atoms with Gasteiger partial charge in [-0.25, -0.2) is 4.39 Å². The monoisotopic (exact) mass is 309 g/mol. The highest BCUT2D eigenvalue weighted by Gasteiger charge is 2.20. The third-order valence-corrected chi connectivity index (χ3v) is 3.71. The first-order chi connectivity index (χ1) is 8.74. The summed E-state index contributed by atoms with van der Waals surface area (Å²) in [5.74, 6) is 0.567. The molecule has 4 heteroatoms. The maximum atomic E-state index is 13.7. The molecular formula is C14H13BrFNO. The van der Waals surface area contributed by atoms with Crippen molar-refractivity contribution in [2.45, 2.75) is 25.4 Å². The summed E-state index contributed by atoms with van der Waals surface area (Å²) in [6, 6.07) is 7.48. The molecular weight excluding hydrogens is 297 g/mol. The first kappa shape index (κ1) is 11.9. The molecule has 0 aliphatic heterocycles. The minimum absolute atomic E-state index is 0.172. The molecule has 1 aromatic heterocycles. The van der Waals surface area contributed by atoms with Crippen molar-refractivity contribution in [1.29, 1.82) is 0 Å². The van der Waals surface area contributed by atoms with Crippen LogP contribution in [-0.4, -0.2) is 6.04 Å². The van der Waals surface area contributed by atoms with E-state index in [9.17, 15) is 4.39 Å². The number of halogens is 2. The van der Waals surface area contributed by atoms with Crippen molar-refractivity contribution in [1.82, 2.24) is 5.32 Å². The van der Waals surface area contributed by atoms with E-state index in [4.69, 9.17) is 4.42 Å². The predicted molar refractivity (Wildman–Crippen MR) is 71.7 cm³/mol. The number of hydrogen-bond donors (Lipinski definition) is 1. The molecule has 1 saturated carbocycles. The van der Waals surface area contributed by atoms with Crippen LogP contribution < -0.4 is 5.32 Å². The van der Waals surface area contributed by atoms with Gasteiger partial charge in [0.1, 0.15) is 11.6 Å². The highest BCUT2D eigenvalue weighted by Crippen LogP contribution is 2.30. The summed E-state index contributed by atoms with van der Waals surface area (Å²) in [4.78, 5) is 0. The summed E-state index contributed by atoms with van der Waals surface area (Å²) in [7, 11) is 0. The van der Waals surface area contributed by atoms with Gasteiger partial charge < -0.3 is 9.73 Å². The second-order valence-electron chi connectivity index (χ2n) is 4.56. The number of benzene rings is 1. The molecule has 1 aliphatic carbocycles. The van der Waals surface area contributed by atoms with Gasteiger partial charge in [-0.2, -0.15) is 0 Å². The Kier molecular flexibility index (Phi) is 3.22. The molecule has 1 heterocycles. The molecule has 94 valence electrons. The van der Waals surface area contributed by atoms with E-state index in [1.54, 1.807) is 12.3 Å². The summed E-state index contributed by atoms with van der Waals surface area (Å²) >= 11 is 3.42. The molecule has 2 aromatic rings. The van der Waals surface area contributed by atoms with Crippen molar-refractivity contribution in [3.63, 3.8) is 0 Å². The summed E-state index contributed by atoms with van der Waals surface area (Å²) in [5, 5.41) is 3.32. The normalized spacial score (nSPS) is 15.0. The largest absolute Gasteiger partial charge is 0.463 e. The Balaban J connectivity index is 1.87. The van der Waals surface area contributed by atoms with E-state index in [0.717, 1.165) is 15.8 Å². The summed E-state index contributed by atoms with van der Waals surface area (Å²) in [6.07, 6.45) is 4.01. The first-order valence-corrected chi connectivity index (χ1v) is 6.78. The molecule has 0 unspecified atom stereocenters. The predicted octanol–water partition coefficient (Wildman–Crippen LogP) is 4.10. The van der Waals surface area contributed by atoms with Crippen LogP contribution >= 0.6 is 15.9 Å². The maximum Gasteiger partial charge on any atom is 0.148 e. The average molecular weight is 310 g/mol. The fourth-order valence-corrected chi connectivity index (χ4v) is 2.32. The van der Waals surface area contributed by atoms with Crippen molar-refractivity contribution in [2.24, 2.45) is 0 Å². The lowest BCUT2D eigenvalue weighted by Crippen LogP contribution is -2.16. The van der Waals surface area contributed by atoms with Gasteiger partial charge in [0.15, 0.2) is 0 Å². The topological polar surface area (TPSA) is 25.2 Å². The van der Waals surface area contributed by atoms with Gasteiger partial charge in [0.05, 0.1) is 10.7 Å². The van der Waals surface area contributed by atoms with Crippen molar-refractivity contribution < 1.29 is 8.81 Å². The third kappa shape index (κ3) is 2.49. The van der Waals surface area contributed by atoms with Gasteiger partial charge in [0, 0.05) is 23.7 Å². The van der Waals surface area contributed by atoms with Crippen molar-refractivity contribution >= 4 is 15.9 Å². The molecule has 0 amide bonds. The highest BCUT2D eigenvalue weighted by molar-refractivity contribution is 9.10. The lowest BCUT2D eigenvalue weighted by molar-refractivity contribution is 0.576. The van der Waals surface area contributed by atoms with E-state index in [2.05, 4.69) is 21.2 Å². The lowest BCUT2D eigenvalue weighted by Gasteiger charge is -2.07. The Bertz CT molecular complexity index is 563. The smallest absolute Gasteiger partial charge is 0.148 e. The Hall–Kier alpha value is -1.13. The van der Waals surface area contributed by atoms with Crippen molar-refractivity contribution in [3.8, 4) is 11.3 Å². The Morgan fingerprint density at radius 2 is 2.17 bits per heavy atom. The third-order valence-electron chi connectivity index (χ3n) is 3.08. The summed E-state index contributed by atoms with van der Waals surface area (Å²) in [5.41, 5.74) is 1.57. The molecule has 0 atom stereocenters. The Morgan fingerprint density at radius 1 is 1.33 bits per heavy atom. The van der Waals surface area contributed by atoms with Crippen LogP contribution in [0.15, 0.2) is 39.4 Å². The van der Waals surface area contributed by atoms with Crippen LogP contribution in [-0.2, 0) is 6.54 Å². The van der Waals surface area contributed by atoms with Crippen molar-refractivity contribution in [3.05, 3.63) is 46.4 Å². The van der Waals surface area contributed by atoms with Gasteiger partial charge in [0.25, 0.3) is 0 Å². The summed E-state index contributed by atoms with van der Waals surface area (Å²) in [6.45, 7) is 0.572. The minimum Gasteiger partial charge on any atom is -0.463 e. The van der Waals surface area contributed by atoms with Gasteiger partial charge in [-0.05, 0) is 53.0 Å². The first-order valence-electron chi connectivity index (χ1n) is 5.99. The van der Waals surface area contributed by atoms with E-state index in [1.165, 1.54) is 18.9 Å². The van der Waals surface area contributed by atoms with Gasteiger partial charge in [0.2, 0.25) is 0 Å². The van der Waals surface area contributed by atoms with Crippen LogP contribution in [0, 0.1) is 5.82 Å². The molecule has 18 heavy (non-hydrogen) atoms. The molecule has 1 aliphatic rings. The van der Waals surface area contributed by atoms with Gasteiger partial charge in [-0.3, -0.25) is 0 Å². The molecule has 1 aromatic carbocycles. The maximum absolute atomic E-state index is 13.7. The van der Waals surface area contributed by atoms with Gasteiger partial charge in [-0.1, -0.05) is 0 Å². The zero-order chi connectivity index (χ0) is 12.5. The van der Waals surface area contributed by atoms with E-state index in [0.29, 0.717) is 18.2 Å². The van der Waals surface area contributed by atoms with E-state index < -0.39 is 0 Å². The minimum atomic E-state index is -0.172. The number of hydrogen-bond acceptors (Lipinski definition) is 2. The molecule has 0 saturated heterocycles. The van der Waals surface area contributed by atoms with Gasteiger partial charge >= 0.3 is 0 Å². The van der Waals surface area contributed by atoms with Crippen molar-refractivity contribution in [2.75, 3.05) is 0 Å². The number of rotatable bonds is 4. The summed E-state index contributed by atoms with van der Waals surface area (Å²) < 4.78 is 20.0. The van der Waals surface area contributed by atoms with Crippen LogP contribution in [0.5, 0.6) is 0 Å². The Labute approximate surface area is 113 Å². The van der Waals surface area contributed by atoms with E-state index >= 15 is 0 Å². The van der Waals surface area contributed by atoms with Crippen LogP contribution in [0.4, 0.5) is 4.39 Å². The van der Waals surface area contributed by atoms with Crippen LogP contribution in [0.1, 0.15) is 18.4 Å². The standard InChI is InChI=1S/C14H13BrFNO/c15-12-5-6-18-14(12)9-1-4-13(16)10(7-9)8-17-11-2-3-11/h1,4-7,11,17H,2-3,8H2. The zero-order valence-corrected chi connectivity index (χ0v) is 11.3. The number of furan rings is 1. The average Bonchev–Trinajstić information content (AvgIpc) is 3.10. The molecule has 1 N–H and O–H groups in total.